The summed E-state index contributed by atoms with van der Waals surface area (Å²) in [4.78, 5) is 11.3. The Hall–Kier alpha value is -1.57. The van der Waals surface area contributed by atoms with Crippen molar-refractivity contribution in [3.63, 3.8) is 0 Å². The highest BCUT2D eigenvalue weighted by Crippen LogP contribution is 2.21. The summed E-state index contributed by atoms with van der Waals surface area (Å²) in [5.41, 5.74) is 2.17. The van der Waals surface area contributed by atoms with Gasteiger partial charge in [-0.25, -0.2) is 4.79 Å². The molecule has 1 rings (SSSR count). The van der Waals surface area contributed by atoms with Gasteiger partial charge in [-0.1, -0.05) is 50.1 Å². The molecule has 0 aromatic heterocycles. The quantitative estimate of drug-likeness (QED) is 0.423. The van der Waals surface area contributed by atoms with E-state index < -0.39 is 0 Å². The summed E-state index contributed by atoms with van der Waals surface area (Å²) in [6.45, 7) is 2.17. The zero-order valence-electron chi connectivity index (χ0n) is 10.6. The summed E-state index contributed by atoms with van der Waals surface area (Å²) >= 11 is 0. The first-order chi connectivity index (χ1) is 8.27. The molecule has 1 aromatic rings. The van der Waals surface area contributed by atoms with Crippen molar-refractivity contribution in [1.82, 2.24) is 0 Å². The third kappa shape index (κ3) is 4.85. The minimum absolute atomic E-state index is 0.277. The lowest BCUT2D eigenvalue weighted by Crippen LogP contribution is -1.97. The minimum Gasteiger partial charge on any atom is -0.466 e. The van der Waals surface area contributed by atoms with Crippen LogP contribution < -0.4 is 0 Å². The fourth-order valence-corrected chi connectivity index (χ4v) is 1.72. The van der Waals surface area contributed by atoms with Gasteiger partial charge in [-0.3, -0.25) is 0 Å². The number of ether oxygens (including phenoxy) is 1. The Morgan fingerprint density at radius 3 is 2.53 bits per heavy atom. The second kappa shape index (κ2) is 7.66. The average Bonchev–Trinajstić information content (AvgIpc) is 2.38. The predicted molar refractivity (Wildman–Crippen MR) is 70.6 cm³/mol. The van der Waals surface area contributed by atoms with Crippen LogP contribution in [0.4, 0.5) is 0 Å². The number of carbonyl (C=O) groups is 1. The Morgan fingerprint density at radius 2 is 1.94 bits per heavy atom. The smallest absolute Gasteiger partial charge is 0.330 e. The molecule has 0 unspecified atom stereocenters. The normalized spacial score (nSPS) is 11.3. The largest absolute Gasteiger partial charge is 0.466 e. The Balaban J connectivity index is 2.79. The number of allylic oxidation sites excluding steroid dienone is 1. The topological polar surface area (TPSA) is 26.3 Å². The molecule has 0 amide bonds. The minimum atomic E-state index is -0.277. The van der Waals surface area contributed by atoms with Crippen LogP contribution in [0.15, 0.2) is 36.4 Å². The zero-order chi connectivity index (χ0) is 12.5. The van der Waals surface area contributed by atoms with Crippen molar-refractivity contribution in [2.45, 2.75) is 32.6 Å². The highest BCUT2D eigenvalue weighted by Gasteiger charge is 2.04. The van der Waals surface area contributed by atoms with Gasteiger partial charge in [-0.05, 0) is 24.0 Å². The molecule has 0 spiro atoms. The van der Waals surface area contributed by atoms with Crippen molar-refractivity contribution in [2.24, 2.45) is 0 Å². The average molecular weight is 232 g/mol. The van der Waals surface area contributed by atoms with Gasteiger partial charge in [-0.2, -0.15) is 0 Å². The molecule has 0 radical (unpaired) electrons. The molecular weight excluding hydrogens is 212 g/mol. The molecule has 0 heterocycles. The van der Waals surface area contributed by atoms with Gasteiger partial charge < -0.3 is 4.74 Å². The van der Waals surface area contributed by atoms with Gasteiger partial charge in [0.15, 0.2) is 0 Å². The summed E-state index contributed by atoms with van der Waals surface area (Å²) in [6, 6.07) is 10.0. The number of rotatable bonds is 6. The molecule has 2 nitrogen and oxygen atoms in total. The Kier molecular flexibility index (Phi) is 6.08. The third-order valence-corrected chi connectivity index (χ3v) is 2.69. The second-order valence-corrected chi connectivity index (χ2v) is 4.02. The van der Waals surface area contributed by atoms with Crippen LogP contribution in [0.5, 0.6) is 0 Å². The Labute approximate surface area is 103 Å². The van der Waals surface area contributed by atoms with Crippen LogP contribution >= 0.6 is 0 Å². The molecule has 1 aromatic carbocycles. The van der Waals surface area contributed by atoms with Gasteiger partial charge in [0.05, 0.1) is 7.11 Å². The van der Waals surface area contributed by atoms with Crippen LogP contribution in [-0.4, -0.2) is 13.1 Å². The van der Waals surface area contributed by atoms with E-state index in [1.54, 1.807) is 6.08 Å². The van der Waals surface area contributed by atoms with Crippen LogP contribution in [0.1, 0.15) is 38.2 Å². The number of benzene rings is 1. The summed E-state index contributed by atoms with van der Waals surface area (Å²) < 4.78 is 4.69. The van der Waals surface area contributed by atoms with E-state index in [9.17, 15) is 4.79 Å². The fraction of sp³-hybridized carbons (Fsp3) is 0.400. The van der Waals surface area contributed by atoms with E-state index in [0.717, 1.165) is 24.0 Å². The van der Waals surface area contributed by atoms with E-state index in [1.807, 2.05) is 30.3 Å². The molecule has 0 aliphatic heterocycles. The van der Waals surface area contributed by atoms with Crippen molar-refractivity contribution in [3.05, 3.63) is 42.0 Å². The zero-order valence-corrected chi connectivity index (χ0v) is 10.6. The maximum absolute atomic E-state index is 11.3. The monoisotopic (exact) mass is 232 g/mol. The van der Waals surface area contributed by atoms with Crippen molar-refractivity contribution in [3.8, 4) is 0 Å². The number of carbonyl (C=O) groups excluding carboxylic acids is 1. The van der Waals surface area contributed by atoms with Crippen molar-refractivity contribution in [1.29, 1.82) is 0 Å². The summed E-state index contributed by atoms with van der Waals surface area (Å²) in [6.07, 6.45) is 6.00. The number of esters is 1. The maximum Gasteiger partial charge on any atom is 0.330 e. The molecule has 0 atom stereocenters. The van der Waals surface area contributed by atoms with Gasteiger partial charge in [0.25, 0.3) is 0 Å². The molecular formula is C15H20O2. The van der Waals surface area contributed by atoms with E-state index in [0.29, 0.717) is 0 Å². The number of unbranched alkanes of at least 4 members (excludes halogenated alkanes) is 2. The highest BCUT2D eigenvalue weighted by molar-refractivity contribution is 5.91. The predicted octanol–water partition coefficient (Wildman–Crippen LogP) is 3.82. The van der Waals surface area contributed by atoms with Gasteiger partial charge in [0.2, 0.25) is 0 Å². The first-order valence-electron chi connectivity index (χ1n) is 6.12. The summed E-state index contributed by atoms with van der Waals surface area (Å²) in [5.74, 6) is -0.277. The van der Waals surface area contributed by atoms with E-state index in [1.165, 1.54) is 20.0 Å². The fourth-order valence-electron chi connectivity index (χ4n) is 1.72. The van der Waals surface area contributed by atoms with Gasteiger partial charge in [-0.15, -0.1) is 0 Å². The molecule has 92 valence electrons. The van der Waals surface area contributed by atoms with Gasteiger partial charge >= 0.3 is 5.97 Å². The summed E-state index contributed by atoms with van der Waals surface area (Å²) in [5, 5.41) is 0. The van der Waals surface area contributed by atoms with E-state index in [4.69, 9.17) is 4.74 Å². The highest BCUT2D eigenvalue weighted by atomic mass is 16.5. The molecule has 0 fully saturated rings. The molecule has 0 aliphatic rings. The molecule has 2 heteroatoms. The second-order valence-electron chi connectivity index (χ2n) is 4.02. The lowest BCUT2D eigenvalue weighted by Gasteiger charge is -2.07. The van der Waals surface area contributed by atoms with E-state index in [2.05, 4.69) is 6.92 Å². The van der Waals surface area contributed by atoms with Crippen LogP contribution in [0, 0.1) is 0 Å². The third-order valence-electron chi connectivity index (χ3n) is 2.69. The van der Waals surface area contributed by atoms with Gasteiger partial charge in [0, 0.05) is 6.08 Å². The molecule has 17 heavy (non-hydrogen) atoms. The first-order valence-corrected chi connectivity index (χ1v) is 6.12. The number of hydrogen-bond donors (Lipinski definition) is 0. The summed E-state index contributed by atoms with van der Waals surface area (Å²) in [7, 11) is 1.41. The van der Waals surface area contributed by atoms with Crippen LogP contribution in [0.3, 0.4) is 0 Å². The van der Waals surface area contributed by atoms with E-state index in [-0.39, 0.29) is 5.97 Å². The van der Waals surface area contributed by atoms with Crippen molar-refractivity contribution < 1.29 is 9.53 Å². The number of hydrogen-bond acceptors (Lipinski definition) is 2. The first kappa shape index (κ1) is 13.5. The molecule has 0 N–H and O–H groups in total. The lowest BCUT2D eigenvalue weighted by atomic mass is 9.99. The maximum atomic E-state index is 11.3. The van der Waals surface area contributed by atoms with Crippen LogP contribution in [0.25, 0.3) is 5.57 Å². The molecule has 0 bridgehead atoms. The van der Waals surface area contributed by atoms with Crippen molar-refractivity contribution in [2.75, 3.05) is 7.11 Å². The van der Waals surface area contributed by atoms with E-state index >= 15 is 0 Å². The number of methoxy groups -OCH3 is 1. The van der Waals surface area contributed by atoms with Gasteiger partial charge in [0.1, 0.15) is 0 Å². The Morgan fingerprint density at radius 1 is 1.24 bits per heavy atom. The molecule has 0 aliphatic carbocycles. The van der Waals surface area contributed by atoms with Crippen LogP contribution in [-0.2, 0) is 9.53 Å². The Bertz CT molecular complexity index is 366. The SMILES string of the molecule is CCCCC/C(=C\C(=O)OC)c1ccccc1. The molecule has 0 saturated carbocycles. The van der Waals surface area contributed by atoms with Crippen molar-refractivity contribution >= 4 is 11.5 Å². The lowest BCUT2D eigenvalue weighted by molar-refractivity contribution is -0.134. The van der Waals surface area contributed by atoms with Crippen LogP contribution in [0.2, 0.25) is 0 Å². The standard InChI is InChI=1S/C15H20O2/c1-3-4-6-11-14(12-15(16)17-2)13-9-7-5-8-10-13/h5,7-10,12H,3-4,6,11H2,1-2H3/b14-12+. The molecule has 0 saturated heterocycles.